The van der Waals surface area contributed by atoms with Crippen LogP contribution in [-0.4, -0.2) is 18.4 Å². The van der Waals surface area contributed by atoms with Crippen molar-refractivity contribution in [1.82, 2.24) is 0 Å². The molecule has 3 N–H and O–H groups in total. The summed E-state index contributed by atoms with van der Waals surface area (Å²) < 4.78 is 0. The molecule has 0 aromatic heterocycles. The average molecular weight is 345 g/mol. The summed E-state index contributed by atoms with van der Waals surface area (Å²) >= 11 is 0. The maximum Gasteiger partial charge on any atom is 0.255 e. The summed E-state index contributed by atoms with van der Waals surface area (Å²) in [5.41, 5.74) is 2.79. The maximum absolute atomic E-state index is 12.2. The minimum Gasteiger partial charge on any atom is -0.376 e. The zero-order valence-corrected chi connectivity index (χ0v) is 14.1. The molecule has 26 heavy (non-hydrogen) atoms. The van der Waals surface area contributed by atoms with Gasteiger partial charge in [0.1, 0.15) is 0 Å². The Kier molecular flexibility index (Phi) is 5.62. The molecule has 3 rings (SSSR count). The van der Waals surface area contributed by atoms with Gasteiger partial charge in [-0.25, -0.2) is 0 Å². The smallest absolute Gasteiger partial charge is 0.255 e. The first kappa shape index (κ1) is 17.2. The molecule has 130 valence electrons. The molecule has 0 spiro atoms. The first-order chi connectivity index (χ1) is 12.7. The number of rotatable bonds is 6. The van der Waals surface area contributed by atoms with E-state index in [0.717, 1.165) is 11.4 Å². The third kappa shape index (κ3) is 4.95. The Morgan fingerprint density at radius 3 is 1.77 bits per heavy atom. The molecule has 2 amide bonds. The van der Waals surface area contributed by atoms with Crippen LogP contribution in [0.4, 0.5) is 17.1 Å². The zero-order valence-electron chi connectivity index (χ0n) is 14.1. The number of hydrogen-bond acceptors (Lipinski definition) is 3. The van der Waals surface area contributed by atoms with E-state index in [9.17, 15) is 9.59 Å². The van der Waals surface area contributed by atoms with Crippen molar-refractivity contribution in [2.24, 2.45) is 0 Å². The van der Waals surface area contributed by atoms with E-state index in [0.29, 0.717) is 11.3 Å². The molecule has 0 saturated heterocycles. The maximum atomic E-state index is 12.2. The van der Waals surface area contributed by atoms with Gasteiger partial charge in [0.2, 0.25) is 5.91 Å². The van der Waals surface area contributed by atoms with Crippen LogP contribution < -0.4 is 16.0 Å². The molecule has 0 atom stereocenters. The van der Waals surface area contributed by atoms with Gasteiger partial charge in [-0.3, -0.25) is 9.59 Å². The fourth-order valence-corrected chi connectivity index (χ4v) is 2.37. The third-order valence-electron chi connectivity index (χ3n) is 3.69. The molecule has 0 heterocycles. The largest absolute Gasteiger partial charge is 0.376 e. The molecule has 0 saturated carbocycles. The van der Waals surface area contributed by atoms with Crippen LogP contribution >= 0.6 is 0 Å². The Hall–Kier alpha value is -3.60. The number of para-hydroxylation sites is 2. The van der Waals surface area contributed by atoms with Crippen LogP contribution in [0, 0.1) is 0 Å². The van der Waals surface area contributed by atoms with E-state index in [4.69, 9.17) is 0 Å². The molecule has 0 aliphatic heterocycles. The number of carbonyl (C=O) groups is 2. The van der Waals surface area contributed by atoms with Crippen LogP contribution in [0.5, 0.6) is 0 Å². The first-order valence-electron chi connectivity index (χ1n) is 8.26. The summed E-state index contributed by atoms with van der Waals surface area (Å²) in [6.07, 6.45) is 0. The molecular formula is C21H19N3O2. The molecule has 0 unspecified atom stereocenters. The molecule has 0 aliphatic carbocycles. The average Bonchev–Trinajstić information content (AvgIpc) is 2.68. The van der Waals surface area contributed by atoms with E-state index in [-0.39, 0.29) is 18.4 Å². The summed E-state index contributed by atoms with van der Waals surface area (Å²) in [5, 5.41) is 8.66. The standard InChI is InChI=1S/C21H19N3O2/c25-20(15-22-17-7-3-1-4-8-17)23-19-13-11-16(12-14-19)21(26)24-18-9-5-2-6-10-18/h1-14,22H,15H2,(H,23,25)(H,24,26). The highest BCUT2D eigenvalue weighted by atomic mass is 16.2. The Labute approximate surface area is 152 Å². The van der Waals surface area contributed by atoms with Crippen LogP contribution in [0.3, 0.4) is 0 Å². The predicted molar refractivity (Wildman–Crippen MR) is 104 cm³/mol. The second-order valence-corrected chi connectivity index (χ2v) is 5.67. The van der Waals surface area contributed by atoms with Crippen molar-refractivity contribution in [1.29, 1.82) is 0 Å². The number of nitrogens with one attached hydrogen (secondary N) is 3. The lowest BCUT2D eigenvalue weighted by Gasteiger charge is -2.09. The van der Waals surface area contributed by atoms with Gasteiger partial charge in [0.05, 0.1) is 6.54 Å². The minimum absolute atomic E-state index is 0.157. The molecule has 0 bridgehead atoms. The Morgan fingerprint density at radius 1 is 0.615 bits per heavy atom. The van der Waals surface area contributed by atoms with Crippen molar-refractivity contribution in [2.45, 2.75) is 0 Å². The van der Waals surface area contributed by atoms with Gasteiger partial charge in [-0.05, 0) is 48.5 Å². The van der Waals surface area contributed by atoms with Crippen molar-refractivity contribution in [3.63, 3.8) is 0 Å². The lowest BCUT2D eigenvalue weighted by atomic mass is 10.2. The molecule has 0 radical (unpaired) electrons. The summed E-state index contributed by atoms with van der Waals surface area (Å²) in [4.78, 5) is 24.2. The van der Waals surface area contributed by atoms with Gasteiger partial charge in [-0.2, -0.15) is 0 Å². The number of amides is 2. The fourth-order valence-electron chi connectivity index (χ4n) is 2.37. The van der Waals surface area contributed by atoms with Crippen molar-refractivity contribution in [3.05, 3.63) is 90.5 Å². The molecular weight excluding hydrogens is 326 g/mol. The number of anilines is 3. The highest BCUT2D eigenvalue weighted by molar-refractivity contribution is 6.04. The number of carbonyl (C=O) groups excluding carboxylic acids is 2. The SMILES string of the molecule is O=C(CNc1ccccc1)Nc1ccc(C(=O)Nc2ccccc2)cc1. The van der Waals surface area contributed by atoms with E-state index in [2.05, 4.69) is 16.0 Å². The van der Waals surface area contributed by atoms with Gasteiger partial charge in [0, 0.05) is 22.6 Å². The summed E-state index contributed by atoms with van der Waals surface area (Å²) in [6.45, 7) is 0.167. The Bertz CT molecular complexity index is 863. The quantitative estimate of drug-likeness (QED) is 0.633. The van der Waals surface area contributed by atoms with Crippen LogP contribution in [0.25, 0.3) is 0 Å². The van der Waals surface area contributed by atoms with Gasteiger partial charge in [0.15, 0.2) is 0 Å². The third-order valence-corrected chi connectivity index (χ3v) is 3.69. The molecule has 3 aromatic rings. The predicted octanol–water partition coefficient (Wildman–Crippen LogP) is 3.99. The number of benzene rings is 3. The van der Waals surface area contributed by atoms with E-state index in [1.54, 1.807) is 24.3 Å². The zero-order chi connectivity index (χ0) is 18.2. The summed E-state index contributed by atoms with van der Waals surface area (Å²) in [5.74, 6) is -0.352. The highest BCUT2D eigenvalue weighted by Crippen LogP contribution is 2.13. The normalized spacial score (nSPS) is 10.0. The van der Waals surface area contributed by atoms with Crippen molar-refractivity contribution < 1.29 is 9.59 Å². The first-order valence-corrected chi connectivity index (χ1v) is 8.26. The van der Waals surface area contributed by atoms with Crippen molar-refractivity contribution >= 4 is 28.9 Å². The van der Waals surface area contributed by atoms with Crippen LogP contribution in [0.15, 0.2) is 84.9 Å². The molecule has 5 nitrogen and oxygen atoms in total. The lowest BCUT2D eigenvalue weighted by Crippen LogP contribution is -2.21. The second-order valence-electron chi connectivity index (χ2n) is 5.67. The number of hydrogen-bond donors (Lipinski definition) is 3. The summed E-state index contributed by atoms with van der Waals surface area (Å²) in [7, 11) is 0. The molecule has 0 aliphatic rings. The molecule has 0 fully saturated rings. The van der Waals surface area contributed by atoms with Gasteiger partial charge in [0.25, 0.3) is 5.91 Å². The van der Waals surface area contributed by atoms with Gasteiger partial charge >= 0.3 is 0 Å². The van der Waals surface area contributed by atoms with Crippen molar-refractivity contribution in [2.75, 3.05) is 22.5 Å². The van der Waals surface area contributed by atoms with E-state index in [1.165, 1.54) is 0 Å². The van der Waals surface area contributed by atoms with Crippen molar-refractivity contribution in [3.8, 4) is 0 Å². The van der Waals surface area contributed by atoms with Gasteiger partial charge in [-0.1, -0.05) is 36.4 Å². The van der Waals surface area contributed by atoms with Crippen LogP contribution in [0.2, 0.25) is 0 Å². The second kappa shape index (κ2) is 8.48. The minimum atomic E-state index is -0.195. The van der Waals surface area contributed by atoms with Gasteiger partial charge < -0.3 is 16.0 Å². The molecule has 3 aromatic carbocycles. The highest BCUT2D eigenvalue weighted by Gasteiger charge is 2.07. The Balaban J connectivity index is 1.52. The topological polar surface area (TPSA) is 70.2 Å². The van der Waals surface area contributed by atoms with E-state index < -0.39 is 0 Å². The van der Waals surface area contributed by atoms with Crippen LogP contribution in [-0.2, 0) is 4.79 Å². The molecule has 5 heteroatoms. The van der Waals surface area contributed by atoms with E-state index >= 15 is 0 Å². The van der Waals surface area contributed by atoms with Crippen LogP contribution in [0.1, 0.15) is 10.4 Å². The van der Waals surface area contributed by atoms with E-state index in [1.807, 2.05) is 60.7 Å². The fraction of sp³-hybridized carbons (Fsp3) is 0.0476. The Morgan fingerprint density at radius 2 is 1.15 bits per heavy atom. The van der Waals surface area contributed by atoms with Gasteiger partial charge in [-0.15, -0.1) is 0 Å². The lowest BCUT2D eigenvalue weighted by molar-refractivity contribution is -0.114. The monoisotopic (exact) mass is 345 g/mol. The summed E-state index contributed by atoms with van der Waals surface area (Å²) in [6, 6.07) is 25.5.